The predicted octanol–water partition coefficient (Wildman–Crippen LogP) is 2.92. The maximum atomic E-state index is 5.51. The fraction of sp³-hybridized carbons (Fsp3) is 0.643. The van der Waals surface area contributed by atoms with E-state index in [4.69, 9.17) is 5.73 Å². The van der Waals surface area contributed by atoms with Crippen molar-refractivity contribution in [3.63, 3.8) is 0 Å². The van der Waals surface area contributed by atoms with Crippen LogP contribution in [0.25, 0.3) is 0 Å². The Balaban J connectivity index is 2.61. The molecule has 0 saturated heterocycles. The number of hydrogen-bond donors (Lipinski definition) is 2. The number of pyridine rings is 1. The van der Waals surface area contributed by atoms with E-state index in [1.54, 1.807) is 0 Å². The Morgan fingerprint density at radius 1 is 1.24 bits per heavy atom. The lowest BCUT2D eigenvalue weighted by Crippen LogP contribution is -2.19. The van der Waals surface area contributed by atoms with Crippen molar-refractivity contribution in [2.75, 3.05) is 18.9 Å². The Kier molecular flexibility index (Phi) is 5.42. The lowest BCUT2D eigenvalue weighted by atomic mass is 9.83. The zero-order chi connectivity index (χ0) is 12.7. The molecule has 0 radical (unpaired) electrons. The molecule has 1 heterocycles. The molecule has 1 rings (SSSR count). The summed E-state index contributed by atoms with van der Waals surface area (Å²) in [6.45, 7) is 5.32. The summed E-state index contributed by atoms with van der Waals surface area (Å²) in [5.74, 6) is 0.942. The molecule has 1 aromatic rings. The molecule has 3 heteroatoms. The summed E-state index contributed by atoms with van der Waals surface area (Å²) in [6.07, 6.45) is 4.72. The number of rotatable bonds is 7. The van der Waals surface area contributed by atoms with Crippen LogP contribution in [-0.4, -0.2) is 18.6 Å². The summed E-state index contributed by atoms with van der Waals surface area (Å²) in [4.78, 5) is 4.63. The van der Waals surface area contributed by atoms with Gasteiger partial charge in [0.15, 0.2) is 0 Å². The maximum absolute atomic E-state index is 5.51. The lowest BCUT2D eigenvalue weighted by Gasteiger charge is -2.24. The van der Waals surface area contributed by atoms with Gasteiger partial charge in [-0.1, -0.05) is 32.8 Å². The van der Waals surface area contributed by atoms with Crippen LogP contribution >= 0.6 is 0 Å². The summed E-state index contributed by atoms with van der Waals surface area (Å²) >= 11 is 0. The summed E-state index contributed by atoms with van der Waals surface area (Å²) in [5, 5.41) is 3.09. The molecule has 0 aliphatic heterocycles. The van der Waals surface area contributed by atoms with Gasteiger partial charge >= 0.3 is 0 Å². The van der Waals surface area contributed by atoms with E-state index >= 15 is 0 Å². The van der Waals surface area contributed by atoms with Crippen molar-refractivity contribution in [3.05, 3.63) is 23.9 Å². The Bertz CT molecular complexity index is 334. The van der Waals surface area contributed by atoms with Crippen LogP contribution in [0.2, 0.25) is 0 Å². The van der Waals surface area contributed by atoms with Gasteiger partial charge in [0.25, 0.3) is 0 Å². The van der Waals surface area contributed by atoms with Crippen LogP contribution < -0.4 is 11.1 Å². The Morgan fingerprint density at radius 3 is 2.65 bits per heavy atom. The zero-order valence-electron chi connectivity index (χ0n) is 11.3. The minimum Gasteiger partial charge on any atom is -0.373 e. The first-order chi connectivity index (χ1) is 8.10. The van der Waals surface area contributed by atoms with Gasteiger partial charge < -0.3 is 11.1 Å². The van der Waals surface area contributed by atoms with Gasteiger partial charge in [-0.05, 0) is 31.5 Å². The molecule has 0 aliphatic carbocycles. The van der Waals surface area contributed by atoms with Crippen LogP contribution in [0, 0.1) is 0 Å². The molecule has 1 aromatic heterocycles. The highest BCUT2D eigenvalue weighted by atomic mass is 15.0. The number of nitrogens with two attached hydrogens (primary N) is 1. The molecule has 0 bridgehead atoms. The van der Waals surface area contributed by atoms with Gasteiger partial charge in [-0.3, -0.25) is 0 Å². The molecule has 96 valence electrons. The van der Waals surface area contributed by atoms with E-state index in [0.717, 1.165) is 30.9 Å². The predicted molar refractivity (Wildman–Crippen MR) is 74.3 cm³/mol. The van der Waals surface area contributed by atoms with Crippen molar-refractivity contribution in [2.45, 2.75) is 44.9 Å². The van der Waals surface area contributed by atoms with E-state index in [2.05, 4.69) is 36.3 Å². The van der Waals surface area contributed by atoms with Crippen LogP contribution in [0.15, 0.2) is 18.2 Å². The fourth-order valence-electron chi connectivity index (χ4n) is 1.97. The molecule has 0 fully saturated rings. The summed E-state index contributed by atoms with van der Waals surface area (Å²) < 4.78 is 0. The van der Waals surface area contributed by atoms with Crippen molar-refractivity contribution in [1.82, 2.24) is 4.98 Å². The van der Waals surface area contributed by atoms with Crippen molar-refractivity contribution < 1.29 is 0 Å². The number of nitrogens with one attached hydrogen (secondary N) is 1. The largest absolute Gasteiger partial charge is 0.373 e. The topological polar surface area (TPSA) is 50.9 Å². The minimum atomic E-state index is 0.140. The van der Waals surface area contributed by atoms with E-state index in [-0.39, 0.29) is 5.41 Å². The standard InChI is InChI=1S/C14H25N3/c1-14(2,10-5-4-6-11-15)12-8-7-9-13(16-3)17-12/h7-9H,4-6,10-11,15H2,1-3H3,(H,16,17). The van der Waals surface area contributed by atoms with Gasteiger partial charge in [-0.15, -0.1) is 0 Å². The first-order valence-electron chi connectivity index (χ1n) is 6.45. The molecule has 0 saturated carbocycles. The molecule has 0 amide bonds. The lowest BCUT2D eigenvalue weighted by molar-refractivity contribution is 0.437. The van der Waals surface area contributed by atoms with Gasteiger partial charge in [-0.25, -0.2) is 4.98 Å². The second kappa shape index (κ2) is 6.60. The van der Waals surface area contributed by atoms with Crippen LogP contribution in [0.5, 0.6) is 0 Å². The number of aromatic nitrogens is 1. The van der Waals surface area contributed by atoms with Gasteiger partial charge in [0.1, 0.15) is 5.82 Å². The normalized spacial score (nSPS) is 11.5. The monoisotopic (exact) mass is 235 g/mol. The van der Waals surface area contributed by atoms with Gasteiger partial charge in [0.2, 0.25) is 0 Å². The third-order valence-corrected chi connectivity index (χ3v) is 3.20. The molecule has 3 nitrogen and oxygen atoms in total. The highest BCUT2D eigenvalue weighted by Crippen LogP contribution is 2.28. The average Bonchev–Trinajstić information content (AvgIpc) is 2.35. The Morgan fingerprint density at radius 2 is 2.00 bits per heavy atom. The molecule has 0 aromatic carbocycles. The second-order valence-corrected chi connectivity index (χ2v) is 5.14. The van der Waals surface area contributed by atoms with E-state index in [1.165, 1.54) is 12.8 Å². The first kappa shape index (κ1) is 14.0. The smallest absolute Gasteiger partial charge is 0.125 e. The van der Waals surface area contributed by atoms with Crippen molar-refractivity contribution in [1.29, 1.82) is 0 Å². The SMILES string of the molecule is CNc1cccc(C(C)(C)CCCCCN)n1. The van der Waals surface area contributed by atoms with Gasteiger partial charge in [0, 0.05) is 18.2 Å². The van der Waals surface area contributed by atoms with Crippen LogP contribution in [0.3, 0.4) is 0 Å². The van der Waals surface area contributed by atoms with Crippen molar-refractivity contribution in [3.8, 4) is 0 Å². The fourth-order valence-corrected chi connectivity index (χ4v) is 1.97. The Hall–Kier alpha value is -1.09. The summed E-state index contributed by atoms with van der Waals surface area (Å²) in [6, 6.07) is 6.17. The number of anilines is 1. The average molecular weight is 235 g/mol. The summed E-state index contributed by atoms with van der Waals surface area (Å²) in [7, 11) is 1.90. The van der Waals surface area contributed by atoms with Crippen LogP contribution in [0.4, 0.5) is 5.82 Å². The van der Waals surface area contributed by atoms with E-state index in [0.29, 0.717) is 0 Å². The number of nitrogens with zero attached hydrogens (tertiary/aromatic N) is 1. The highest BCUT2D eigenvalue weighted by Gasteiger charge is 2.21. The molecular formula is C14H25N3. The highest BCUT2D eigenvalue weighted by molar-refractivity contribution is 5.35. The molecule has 0 unspecified atom stereocenters. The van der Waals surface area contributed by atoms with Gasteiger partial charge in [-0.2, -0.15) is 0 Å². The van der Waals surface area contributed by atoms with E-state index < -0.39 is 0 Å². The van der Waals surface area contributed by atoms with Crippen molar-refractivity contribution in [2.24, 2.45) is 5.73 Å². The maximum Gasteiger partial charge on any atom is 0.125 e. The molecule has 0 spiro atoms. The molecule has 0 aliphatic rings. The molecule has 0 atom stereocenters. The molecule has 17 heavy (non-hydrogen) atoms. The number of hydrogen-bond acceptors (Lipinski definition) is 3. The van der Waals surface area contributed by atoms with Crippen LogP contribution in [-0.2, 0) is 5.41 Å². The third kappa shape index (κ3) is 4.35. The second-order valence-electron chi connectivity index (χ2n) is 5.14. The minimum absolute atomic E-state index is 0.140. The molecular weight excluding hydrogens is 210 g/mol. The first-order valence-corrected chi connectivity index (χ1v) is 6.45. The third-order valence-electron chi connectivity index (χ3n) is 3.20. The van der Waals surface area contributed by atoms with E-state index in [9.17, 15) is 0 Å². The van der Waals surface area contributed by atoms with Gasteiger partial charge in [0.05, 0.1) is 0 Å². The number of unbranched alkanes of at least 4 members (excludes halogenated alkanes) is 2. The Labute approximate surface area is 105 Å². The van der Waals surface area contributed by atoms with Crippen LogP contribution in [0.1, 0.15) is 45.2 Å². The van der Waals surface area contributed by atoms with Crippen molar-refractivity contribution >= 4 is 5.82 Å². The molecule has 3 N–H and O–H groups in total. The van der Waals surface area contributed by atoms with E-state index in [1.807, 2.05) is 13.1 Å². The summed E-state index contributed by atoms with van der Waals surface area (Å²) in [5.41, 5.74) is 6.81. The quantitative estimate of drug-likeness (QED) is 0.714. The zero-order valence-corrected chi connectivity index (χ0v) is 11.3.